The lowest BCUT2D eigenvalue weighted by molar-refractivity contribution is 0.000207. The summed E-state index contributed by atoms with van der Waals surface area (Å²) in [6.45, 7) is 0.178. The minimum atomic E-state index is -0.669. The predicted molar refractivity (Wildman–Crippen MR) is 69.9 cm³/mol. The van der Waals surface area contributed by atoms with Crippen molar-refractivity contribution in [2.45, 2.75) is 31.1 Å². The zero-order chi connectivity index (χ0) is 14.1. The van der Waals surface area contributed by atoms with Crippen molar-refractivity contribution in [1.29, 1.82) is 0 Å². The van der Waals surface area contributed by atoms with Gasteiger partial charge in [-0.3, -0.25) is 4.79 Å². The van der Waals surface area contributed by atoms with Gasteiger partial charge in [0.05, 0.1) is 12.1 Å². The van der Waals surface area contributed by atoms with Crippen molar-refractivity contribution in [2.24, 2.45) is 0 Å². The first-order valence-electron chi connectivity index (χ1n) is 6.60. The van der Waals surface area contributed by atoms with Gasteiger partial charge in [-0.2, -0.15) is 0 Å². The highest BCUT2D eigenvalue weighted by atomic mass is 16.7. The van der Waals surface area contributed by atoms with Crippen LogP contribution in [0.2, 0.25) is 0 Å². The maximum absolute atomic E-state index is 12.2. The van der Waals surface area contributed by atoms with Gasteiger partial charge in [-0.05, 0) is 31.0 Å². The lowest BCUT2D eigenvalue weighted by Crippen LogP contribution is -2.43. The molecule has 0 spiro atoms. The molecule has 1 heterocycles. The van der Waals surface area contributed by atoms with E-state index in [4.69, 9.17) is 14.2 Å². The Hall–Kier alpha value is -1.79. The Morgan fingerprint density at radius 1 is 1.35 bits per heavy atom. The van der Waals surface area contributed by atoms with Gasteiger partial charge in [0.15, 0.2) is 11.5 Å². The topological polar surface area (TPSA) is 77.0 Å². The molecule has 0 radical (unpaired) electrons. The highest BCUT2D eigenvalue weighted by Crippen LogP contribution is 2.32. The Balaban J connectivity index is 1.68. The van der Waals surface area contributed by atoms with Gasteiger partial charge in [-0.25, -0.2) is 0 Å². The van der Waals surface area contributed by atoms with E-state index in [0.717, 1.165) is 6.42 Å². The van der Waals surface area contributed by atoms with E-state index >= 15 is 0 Å². The normalized spacial score (nSPS) is 27.6. The van der Waals surface area contributed by atoms with E-state index in [1.54, 1.807) is 25.3 Å². The summed E-state index contributed by atoms with van der Waals surface area (Å²) in [5, 5.41) is 12.9. The van der Waals surface area contributed by atoms with Crippen LogP contribution in [-0.2, 0) is 4.74 Å². The number of ether oxygens (including phenoxy) is 3. The molecule has 3 atom stereocenters. The number of aliphatic hydroxyl groups excluding tert-OH is 1. The van der Waals surface area contributed by atoms with Crippen molar-refractivity contribution in [3.05, 3.63) is 23.8 Å². The fourth-order valence-corrected chi connectivity index (χ4v) is 2.65. The summed E-state index contributed by atoms with van der Waals surface area (Å²) in [6.07, 6.45) is 0.565. The zero-order valence-electron chi connectivity index (χ0n) is 11.2. The van der Waals surface area contributed by atoms with Crippen LogP contribution in [0, 0.1) is 0 Å². The van der Waals surface area contributed by atoms with Gasteiger partial charge in [0.2, 0.25) is 6.79 Å². The number of amides is 1. The molecule has 0 aromatic heterocycles. The third kappa shape index (κ3) is 2.32. The van der Waals surface area contributed by atoms with Gasteiger partial charge in [0, 0.05) is 12.7 Å². The Labute approximate surface area is 116 Å². The second-order valence-corrected chi connectivity index (χ2v) is 4.99. The largest absolute Gasteiger partial charge is 0.454 e. The quantitative estimate of drug-likeness (QED) is 0.851. The number of carbonyl (C=O) groups excluding carboxylic acids is 1. The minimum absolute atomic E-state index is 0.178. The number of carbonyl (C=O) groups is 1. The summed E-state index contributed by atoms with van der Waals surface area (Å²) in [7, 11) is 1.57. The number of benzene rings is 1. The van der Waals surface area contributed by atoms with Crippen LogP contribution in [0.3, 0.4) is 0 Å². The minimum Gasteiger partial charge on any atom is -0.454 e. The summed E-state index contributed by atoms with van der Waals surface area (Å²) in [5.74, 6) is 0.977. The molecule has 1 aliphatic heterocycles. The monoisotopic (exact) mass is 279 g/mol. The fraction of sp³-hybridized carbons (Fsp3) is 0.500. The number of nitrogens with one attached hydrogen (secondary N) is 1. The molecule has 6 heteroatoms. The number of hydrogen-bond acceptors (Lipinski definition) is 5. The second-order valence-electron chi connectivity index (χ2n) is 4.99. The molecule has 0 unspecified atom stereocenters. The number of fused-ring (bicyclic) bond motifs is 1. The average Bonchev–Trinajstić information content (AvgIpc) is 3.05. The lowest BCUT2D eigenvalue weighted by Gasteiger charge is -2.19. The van der Waals surface area contributed by atoms with Crippen molar-refractivity contribution < 1.29 is 24.1 Å². The number of rotatable bonds is 3. The van der Waals surface area contributed by atoms with Crippen molar-refractivity contribution >= 4 is 5.91 Å². The predicted octanol–water partition coefficient (Wildman–Crippen LogP) is 0.683. The van der Waals surface area contributed by atoms with Gasteiger partial charge in [0.25, 0.3) is 5.91 Å². The molecule has 20 heavy (non-hydrogen) atoms. The van der Waals surface area contributed by atoms with Gasteiger partial charge in [-0.1, -0.05) is 0 Å². The van der Waals surface area contributed by atoms with Crippen LogP contribution in [0.15, 0.2) is 18.2 Å². The van der Waals surface area contributed by atoms with Crippen LogP contribution in [0.5, 0.6) is 11.5 Å². The van der Waals surface area contributed by atoms with E-state index in [9.17, 15) is 9.90 Å². The average molecular weight is 279 g/mol. The first-order valence-corrected chi connectivity index (χ1v) is 6.60. The fourth-order valence-electron chi connectivity index (χ4n) is 2.65. The molecule has 1 amide bonds. The Kier molecular flexibility index (Phi) is 3.50. The SMILES string of the molecule is CO[C@@H]1CC[C@@H](NC(=O)c2ccc3c(c2)OCO3)[C@H]1O. The van der Waals surface area contributed by atoms with Crippen LogP contribution in [-0.4, -0.2) is 43.2 Å². The molecule has 1 saturated carbocycles. The van der Waals surface area contributed by atoms with Crippen LogP contribution in [0.4, 0.5) is 0 Å². The number of hydrogen-bond donors (Lipinski definition) is 2. The molecule has 6 nitrogen and oxygen atoms in total. The van der Waals surface area contributed by atoms with Crippen LogP contribution in [0.1, 0.15) is 23.2 Å². The summed E-state index contributed by atoms with van der Waals surface area (Å²) < 4.78 is 15.6. The maximum atomic E-state index is 12.2. The van der Waals surface area contributed by atoms with E-state index in [1.165, 1.54) is 0 Å². The van der Waals surface area contributed by atoms with E-state index in [0.29, 0.717) is 23.5 Å². The Bertz CT molecular complexity index is 518. The zero-order valence-corrected chi connectivity index (χ0v) is 11.2. The molecular formula is C14H17NO5. The summed E-state index contributed by atoms with van der Waals surface area (Å²) in [4.78, 5) is 12.2. The summed E-state index contributed by atoms with van der Waals surface area (Å²) in [6, 6.07) is 4.75. The van der Waals surface area contributed by atoms with E-state index in [2.05, 4.69) is 5.32 Å². The lowest BCUT2D eigenvalue weighted by atomic mass is 10.1. The van der Waals surface area contributed by atoms with Crippen molar-refractivity contribution in [2.75, 3.05) is 13.9 Å². The highest BCUT2D eigenvalue weighted by molar-refractivity contribution is 5.95. The Morgan fingerprint density at radius 2 is 2.15 bits per heavy atom. The van der Waals surface area contributed by atoms with Gasteiger partial charge < -0.3 is 24.6 Å². The van der Waals surface area contributed by atoms with Gasteiger partial charge in [0.1, 0.15) is 6.10 Å². The second kappa shape index (κ2) is 5.30. The molecule has 1 aromatic carbocycles. The van der Waals surface area contributed by atoms with Crippen LogP contribution < -0.4 is 14.8 Å². The molecule has 0 saturated heterocycles. The summed E-state index contributed by atoms with van der Waals surface area (Å²) in [5.41, 5.74) is 0.488. The van der Waals surface area contributed by atoms with Crippen molar-refractivity contribution in [1.82, 2.24) is 5.32 Å². The van der Waals surface area contributed by atoms with E-state index < -0.39 is 6.10 Å². The smallest absolute Gasteiger partial charge is 0.251 e. The van der Waals surface area contributed by atoms with Gasteiger partial charge in [-0.15, -0.1) is 0 Å². The molecule has 108 valence electrons. The summed E-state index contributed by atoms with van der Waals surface area (Å²) >= 11 is 0. The van der Waals surface area contributed by atoms with Crippen LogP contribution in [0.25, 0.3) is 0 Å². The molecule has 0 bridgehead atoms. The molecule has 2 aliphatic rings. The molecular weight excluding hydrogens is 262 g/mol. The number of methoxy groups -OCH3 is 1. The molecule has 3 rings (SSSR count). The van der Waals surface area contributed by atoms with Crippen LogP contribution >= 0.6 is 0 Å². The molecule has 2 N–H and O–H groups in total. The maximum Gasteiger partial charge on any atom is 0.251 e. The third-order valence-corrected chi connectivity index (χ3v) is 3.81. The first kappa shape index (κ1) is 13.2. The van der Waals surface area contributed by atoms with Crippen molar-refractivity contribution in [3.8, 4) is 11.5 Å². The van der Waals surface area contributed by atoms with E-state index in [-0.39, 0.29) is 24.8 Å². The third-order valence-electron chi connectivity index (χ3n) is 3.81. The van der Waals surface area contributed by atoms with E-state index in [1.807, 2.05) is 0 Å². The standard InChI is InChI=1S/C14H17NO5/c1-18-11-5-3-9(13(11)16)15-14(17)8-2-4-10-12(6-8)20-7-19-10/h2,4,6,9,11,13,16H,3,5,7H2,1H3,(H,15,17)/t9-,11-,13-/m1/s1. The van der Waals surface area contributed by atoms with Gasteiger partial charge >= 0.3 is 0 Å². The highest BCUT2D eigenvalue weighted by Gasteiger charge is 2.35. The number of aliphatic hydroxyl groups is 1. The molecule has 1 aliphatic carbocycles. The first-order chi connectivity index (χ1) is 9.69. The Morgan fingerprint density at radius 3 is 2.90 bits per heavy atom. The molecule has 1 fully saturated rings. The molecule has 1 aromatic rings. The van der Waals surface area contributed by atoms with Crippen molar-refractivity contribution in [3.63, 3.8) is 0 Å².